The maximum atomic E-state index is 7.91. The summed E-state index contributed by atoms with van der Waals surface area (Å²) in [6, 6.07) is 28.1. The van der Waals surface area contributed by atoms with Crippen molar-refractivity contribution in [1.29, 1.82) is 0 Å². The highest BCUT2D eigenvalue weighted by atomic mass is 14.9. The SMILES string of the molecule is [2H]C([2H])([2H])c1ccccc1-c1cc[n+](C)c(-c2cc(-c3ccccc3)ccc2C)c1. The van der Waals surface area contributed by atoms with Gasteiger partial charge in [0.25, 0.3) is 0 Å². The Morgan fingerprint density at radius 3 is 2.26 bits per heavy atom. The number of hydrogen-bond donors (Lipinski definition) is 0. The zero-order chi connectivity index (χ0) is 21.3. The number of hydrogen-bond acceptors (Lipinski definition) is 0. The van der Waals surface area contributed by atoms with Gasteiger partial charge in [-0.1, -0.05) is 66.7 Å². The van der Waals surface area contributed by atoms with Gasteiger partial charge in [0.2, 0.25) is 5.69 Å². The molecule has 1 aromatic heterocycles. The number of rotatable bonds is 3. The van der Waals surface area contributed by atoms with E-state index < -0.39 is 6.85 Å². The molecule has 0 aliphatic rings. The van der Waals surface area contributed by atoms with Crippen molar-refractivity contribution in [3.8, 4) is 33.5 Å². The van der Waals surface area contributed by atoms with Crippen LogP contribution in [0.2, 0.25) is 0 Å². The molecule has 0 bridgehead atoms. The van der Waals surface area contributed by atoms with Crippen LogP contribution < -0.4 is 4.57 Å². The first-order chi connectivity index (χ1) is 14.3. The Morgan fingerprint density at radius 2 is 1.44 bits per heavy atom. The predicted molar refractivity (Wildman–Crippen MR) is 113 cm³/mol. The molecule has 27 heavy (non-hydrogen) atoms. The van der Waals surface area contributed by atoms with Crippen LogP contribution in [0.15, 0.2) is 91.1 Å². The van der Waals surface area contributed by atoms with Crippen LogP contribution in [0, 0.1) is 13.8 Å². The Bertz CT molecular complexity index is 1190. The molecule has 0 N–H and O–H groups in total. The van der Waals surface area contributed by atoms with E-state index in [0.717, 1.165) is 27.9 Å². The van der Waals surface area contributed by atoms with Gasteiger partial charge in [0.05, 0.1) is 0 Å². The van der Waals surface area contributed by atoms with Crippen molar-refractivity contribution in [2.45, 2.75) is 13.8 Å². The summed E-state index contributed by atoms with van der Waals surface area (Å²) < 4.78 is 25.8. The van der Waals surface area contributed by atoms with Gasteiger partial charge < -0.3 is 0 Å². The first kappa shape index (κ1) is 13.9. The number of pyridine rings is 1. The maximum absolute atomic E-state index is 7.91. The molecule has 0 saturated heterocycles. The van der Waals surface area contributed by atoms with Crippen molar-refractivity contribution in [2.24, 2.45) is 7.05 Å². The fraction of sp³-hybridized carbons (Fsp3) is 0.115. The van der Waals surface area contributed by atoms with E-state index in [2.05, 4.69) is 47.9 Å². The molecule has 0 aliphatic heterocycles. The molecular formula is C26H24N+. The predicted octanol–water partition coefficient (Wildman–Crippen LogP) is 6.13. The zero-order valence-electron chi connectivity index (χ0n) is 18.6. The number of aryl methyl sites for hydroxylation is 3. The average Bonchev–Trinajstić information content (AvgIpc) is 2.75. The largest absolute Gasteiger partial charge is 0.213 e. The number of aromatic nitrogens is 1. The molecule has 132 valence electrons. The van der Waals surface area contributed by atoms with E-state index in [1.807, 2.05) is 49.6 Å². The Labute approximate surface area is 165 Å². The van der Waals surface area contributed by atoms with Crippen molar-refractivity contribution < 1.29 is 8.68 Å². The topological polar surface area (TPSA) is 3.88 Å². The molecule has 3 aromatic carbocycles. The van der Waals surface area contributed by atoms with E-state index in [1.165, 1.54) is 11.1 Å². The van der Waals surface area contributed by atoms with Crippen LogP contribution >= 0.6 is 0 Å². The van der Waals surface area contributed by atoms with Crippen LogP contribution in [-0.4, -0.2) is 0 Å². The second-order valence-electron chi connectivity index (χ2n) is 6.85. The molecule has 0 unspecified atom stereocenters. The Morgan fingerprint density at radius 1 is 0.667 bits per heavy atom. The quantitative estimate of drug-likeness (QED) is 0.390. The van der Waals surface area contributed by atoms with Crippen molar-refractivity contribution in [3.05, 3.63) is 102 Å². The van der Waals surface area contributed by atoms with Crippen LogP contribution in [0.1, 0.15) is 15.2 Å². The lowest BCUT2D eigenvalue weighted by atomic mass is 9.95. The third-order valence-electron chi connectivity index (χ3n) is 5.01. The summed E-state index contributed by atoms with van der Waals surface area (Å²) in [6.45, 7) is -0.0505. The zero-order valence-corrected chi connectivity index (χ0v) is 15.6. The minimum absolute atomic E-state index is 0.375. The average molecular weight is 354 g/mol. The van der Waals surface area contributed by atoms with Crippen LogP contribution in [0.25, 0.3) is 33.5 Å². The first-order valence-corrected chi connectivity index (χ1v) is 9.10. The molecule has 0 aliphatic carbocycles. The molecule has 1 heterocycles. The van der Waals surface area contributed by atoms with E-state index in [0.29, 0.717) is 5.56 Å². The van der Waals surface area contributed by atoms with Gasteiger partial charge in [-0.2, -0.15) is 0 Å². The van der Waals surface area contributed by atoms with Crippen molar-refractivity contribution >= 4 is 0 Å². The maximum Gasteiger partial charge on any atom is 0.213 e. The van der Waals surface area contributed by atoms with Crippen LogP contribution in [0.3, 0.4) is 0 Å². The van der Waals surface area contributed by atoms with Gasteiger partial charge in [0, 0.05) is 21.8 Å². The summed E-state index contributed by atoms with van der Waals surface area (Å²) in [6.07, 6.45) is 2.00. The molecular weight excluding hydrogens is 326 g/mol. The van der Waals surface area contributed by atoms with Gasteiger partial charge in [-0.25, -0.2) is 4.57 Å². The molecule has 0 spiro atoms. The van der Waals surface area contributed by atoms with Gasteiger partial charge >= 0.3 is 0 Å². The second kappa shape index (κ2) is 7.20. The lowest BCUT2D eigenvalue weighted by molar-refractivity contribution is -0.660. The van der Waals surface area contributed by atoms with E-state index in [9.17, 15) is 0 Å². The minimum atomic E-state index is -2.15. The Hall–Kier alpha value is -3.19. The summed E-state index contributed by atoms with van der Waals surface area (Å²) in [4.78, 5) is 0. The van der Waals surface area contributed by atoms with Crippen LogP contribution in [-0.2, 0) is 7.05 Å². The summed E-state index contributed by atoms with van der Waals surface area (Å²) in [5.41, 5.74) is 7.70. The molecule has 4 rings (SSSR count). The summed E-state index contributed by atoms with van der Waals surface area (Å²) in [7, 11) is 2.02. The first-order valence-electron chi connectivity index (χ1n) is 10.6. The summed E-state index contributed by atoms with van der Waals surface area (Å²) in [5, 5.41) is 0. The van der Waals surface area contributed by atoms with E-state index in [1.54, 1.807) is 12.1 Å². The Balaban J connectivity index is 1.87. The van der Waals surface area contributed by atoms with Gasteiger partial charge in [-0.05, 0) is 53.2 Å². The van der Waals surface area contributed by atoms with E-state index >= 15 is 0 Å². The summed E-state index contributed by atoms with van der Waals surface area (Å²) in [5.74, 6) is 0. The monoisotopic (exact) mass is 353 g/mol. The Kier molecular flexibility index (Phi) is 3.72. The highest BCUT2D eigenvalue weighted by Gasteiger charge is 2.16. The fourth-order valence-corrected chi connectivity index (χ4v) is 3.45. The van der Waals surface area contributed by atoms with Crippen molar-refractivity contribution in [1.82, 2.24) is 0 Å². The number of benzene rings is 3. The molecule has 1 heteroatoms. The normalized spacial score (nSPS) is 12.9. The third-order valence-corrected chi connectivity index (χ3v) is 5.01. The van der Waals surface area contributed by atoms with Gasteiger partial charge in [-0.15, -0.1) is 0 Å². The van der Waals surface area contributed by atoms with Crippen molar-refractivity contribution in [2.75, 3.05) is 0 Å². The van der Waals surface area contributed by atoms with Crippen molar-refractivity contribution in [3.63, 3.8) is 0 Å². The van der Waals surface area contributed by atoms with Crippen LogP contribution in [0.5, 0.6) is 0 Å². The smallest absolute Gasteiger partial charge is 0.201 e. The summed E-state index contributed by atoms with van der Waals surface area (Å²) >= 11 is 0. The van der Waals surface area contributed by atoms with E-state index in [-0.39, 0.29) is 0 Å². The lowest BCUT2D eigenvalue weighted by Gasteiger charge is -2.11. The molecule has 0 fully saturated rings. The highest BCUT2D eigenvalue weighted by molar-refractivity contribution is 5.76. The molecule has 0 radical (unpaired) electrons. The molecule has 4 aromatic rings. The third kappa shape index (κ3) is 3.41. The molecule has 1 nitrogen and oxygen atoms in total. The van der Waals surface area contributed by atoms with E-state index in [4.69, 9.17) is 4.11 Å². The lowest BCUT2D eigenvalue weighted by Crippen LogP contribution is -2.30. The van der Waals surface area contributed by atoms with Gasteiger partial charge in [-0.3, -0.25) is 0 Å². The fourth-order valence-electron chi connectivity index (χ4n) is 3.45. The molecule has 0 atom stereocenters. The second-order valence-corrected chi connectivity index (χ2v) is 6.85. The highest BCUT2D eigenvalue weighted by Crippen LogP contribution is 2.30. The van der Waals surface area contributed by atoms with Gasteiger partial charge in [0.15, 0.2) is 6.20 Å². The minimum Gasteiger partial charge on any atom is -0.201 e. The molecule has 0 saturated carbocycles. The number of nitrogens with zero attached hydrogens (tertiary/aromatic N) is 1. The standard InChI is InChI=1S/C26H24N/c1-19-9-7-8-12-24(19)23-15-16-27(3)26(18-23)25-17-22(14-13-20(25)2)21-10-5-4-6-11-21/h4-18H,1-3H3/q+1/i1D3. The molecule has 0 amide bonds. The van der Waals surface area contributed by atoms with Gasteiger partial charge in [0.1, 0.15) is 7.05 Å². The van der Waals surface area contributed by atoms with Crippen LogP contribution in [0.4, 0.5) is 0 Å².